The van der Waals surface area contributed by atoms with Crippen molar-refractivity contribution >= 4 is 28.8 Å². The molecule has 3 aromatic heterocycles. The van der Waals surface area contributed by atoms with Crippen LogP contribution in [0.5, 0.6) is 0 Å². The molecular formula is C26H37N7O3. The molecule has 194 valence electrons. The average Bonchev–Trinajstić information content (AvgIpc) is 3.53. The predicted octanol–water partition coefficient (Wildman–Crippen LogP) is 3.39. The van der Waals surface area contributed by atoms with Crippen molar-refractivity contribution in [2.45, 2.75) is 50.5 Å². The molecule has 1 aliphatic heterocycles. The second-order valence-electron chi connectivity index (χ2n) is 9.56. The number of rotatable bonds is 7. The van der Waals surface area contributed by atoms with Crippen LogP contribution < -0.4 is 10.6 Å². The molecule has 10 heteroatoms. The number of aromatic nitrogens is 4. The molecule has 36 heavy (non-hydrogen) atoms. The van der Waals surface area contributed by atoms with Gasteiger partial charge in [-0.1, -0.05) is 18.9 Å². The molecule has 4 N–H and O–H groups in total. The minimum atomic E-state index is -0.936. The Kier molecular flexibility index (Phi) is 8.84. The van der Waals surface area contributed by atoms with Crippen LogP contribution in [0.25, 0.3) is 11.0 Å². The third-order valence-electron chi connectivity index (χ3n) is 6.99. The number of β-amino-alcohol motifs (C(OH)–C–C–N with tert-alkyl or cyclic N) is 1. The van der Waals surface area contributed by atoms with E-state index in [1.54, 1.807) is 12.3 Å². The molecule has 10 nitrogen and oxygen atoms in total. The summed E-state index contributed by atoms with van der Waals surface area (Å²) in [6.45, 7) is 2.95. The fourth-order valence-electron chi connectivity index (χ4n) is 5.23. The first-order valence-corrected chi connectivity index (χ1v) is 12.8. The van der Waals surface area contributed by atoms with Gasteiger partial charge in [-0.15, -0.1) is 0 Å². The van der Waals surface area contributed by atoms with Crippen molar-refractivity contribution in [3.8, 4) is 0 Å². The molecule has 1 saturated carbocycles. The Hall–Kier alpha value is -3.08. The molecule has 0 bridgehead atoms. The largest absolute Gasteiger partial charge is 0.477 e. The molecule has 5 rings (SSSR count). The standard InChI is InChI=1S/C24H30N6O3.C2H7N/c31-12-11-29-9-7-16(8-10-29)17-5-6-21(25-14-17)27-24-26-15-18-13-20(23(32)33)30(22(18)28-24)19-3-1-2-4-19;1-3-2/h5-6,13-16,19,31H,1-4,7-12H2,(H,32,33)(H,25,26,27,28);3H,1-2H3. The van der Waals surface area contributed by atoms with Crippen LogP contribution in [0.2, 0.25) is 0 Å². The van der Waals surface area contributed by atoms with Crippen molar-refractivity contribution in [2.24, 2.45) is 0 Å². The van der Waals surface area contributed by atoms with Crippen LogP contribution in [-0.4, -0.2) is 80.9 Å². The van der Waals surface area contributed by atoms with Gasteiger partial charge in [0.05, 0.1) is 6.61 Å². The summed E-state index contributed by atoms with van der Waals surface area (Å²) in [5, 5.41) is 25.5. The number of carboxylic acids is 1. The zero-order chi connectivity index (χ0) is 25.5. The van der Waals surface area contributed by atoms with Gasteiger partial charge in [-0.2, -0.15) is 4.98 Å². The molecule has 0 spiro atoms. The van der Waals surface area contributed by atoms with Gasteiger partial charge in [-0.05, 0) is 76.5 Å². The molecule has 2 fully saturated rings. The van der Waals surface area contributed by atoms with Crippen molar-refractivity contribution in [1.82, 2.24) is 29.7 Å². The minimum absolute atomic E-state index is 0.164. The van der Waals surface area contributed by atoms with Crippen molar-refractivity contribution in [2.75, 3.05) is 45.7 Å². The van der Waals surface area contributed by atoms with Gasteiger partial charge in [0.15, 0.2) is 0 Å². The number of piperidine rings is 1. The summed E-state index contributed by atoms with van der Waals surface area (Å²) in [6, 6.07) is 5.88. The van der Waals surface area contributed by atoms with Crippen LogP contribution in [0.3, 0.4) is 0 Å². The highest BCUT2D eigenvalue weighted by molar-refractivity contribution is 5.93. The van der Waals surface area contributed by atoms with E-state index in [9.17, 15) is 9.90 Å². The molecule has 0 radical (unpaired) electrons. The summed E-state index contributed by atoms with van der Waals surface area (Å²) in [5.41, 5.74) is 2.15. The van der Waals surface area contributed by atoms with Crippen molar-refractivity contribution in [3.63, 3.8) is 0 Å². The van der Waals surface area contributed by atoms with E-state index < -0.39 is 5.97 Å². The minimum Gasteiger partial charge on any atom is -0.477 e. The number of hydrogen-bond donors (Lipinski definition) is 4. The fourth-order valence-corrected chi connectivity index (χ4v) is 5.23. The van der Waals surface area contributed by atoms with E-state index in [0.29, 0.717) is 23.3 Å². The smallest absolute Gasteiger partial charge is 0.352 e. The summed E-state index contributed by atoms with van der Waals surface area (Å²) in [4.78, 5) is 27.8. The molecule has 0 aromatic carbocycles. The molecule has 0 atom stereocenters. The van der Waals surface area contributed by atoms with Crippen LogP contribution >= 0.6 is 0 Å². The maximum absolute atomic E-state index is 11.8. The summed E-state index contributed by atoms with van der Waals surface area (Å²) in [6.07, 6.45) is 9.88. The number of aliphatic hydroxyl groups excluding tert-OH is 1. The zero-order valence-electron chi connectivity index (χ0n) is 21.2. The Morgan fingerprint density at radius 1 is 1.08 bits per heavy atom. The van der Waals surface area contributed by atoms with Crippen LogP contribution in [0.1, 0.15) is 66.5 Å². The quantitative estimate of drug-likeness (QED) is 0.390. The Balaban J connectivity index is 0.000000967. The lowest BCUT2D eigenvalue weighted by Gasteiger charge is -2.31. The van der Waals surface area contributed by atoms with Crippen molar-refractivity contribution in [1.29, 1.82) is 0 Å². The number of likely N-dealkylation sites (tertiary alicyclic amines) is 1. The first-order valence-electron chi connectivity index (χ1n) is 12.8. The lowest BCUT2D eigenvalue weighted by molar-refractivity contribution is 0.0683. The first kappa shape index (κ1) is 26.0. The van der Waals surface area contributed by atoms with Crippen molar-refractivity contribution < 1.29 is 15.0 Å². The van der Waals surface area contributed by atoms with E-state index in [1.165, 1.54) is 5.56 Å². The van der Waals surface area contributed by atoms with E-state index >= 15 is 0 Å². The molecule has 1 aliphatic carbocycles. The lowest BCUT2D eigenvalue weighted by atomic mass is 9.90. The summed E-state index contributed by atoms with van der Waals surface area (Å²) in [5.74, 6) is 0.620. The number of pyridine rings is 1. The highest BCUT2D eigenvalue weighted by Gasteiger charge is 2.25. The van der Waals surface area contributed by atoms with Crippen molar-refractivity contribution in [3.05, 3.63) is 41.9 Å². The SMILES string of the molecule is CNC.O=C(O)c1cc2cnc(Nc3ccc(C4CCN(CCO)CC4)cn3)nc2n1C1CCCC1. The van der Waals surface area contributed by atoms with Gasteiger partial charge in [-0.25, -0.2) is 14.8 Å². The number of nitrogens with zero attached hydrogens (tertiary/aromatic N) is 5. The summed E-state index contributed by atoms with van der Waals surface area (Å²) in [7, 11) is 3.75. The summed E-state index contributed by atoms with van der Waals surface area (Å²) >= 11 is 0. The highest BCUT2D eigenvalue weighted by Crippen LogP contribution is 2.34. The number of hydrogen-bond acceptors (Lipinski definition) is 8. The van der Waals surface area contributed by atoms with Gasteiger partial charge in [0.1, 0.15) is 17.2 Å². The third kappa shape index (κ3) is 6.00. The molecule has 3 aromatic rings. The van der Waals surface area contributed by atoms with Gasteiger partial charge in [0.25, 0.3) is 0 Å². The first-order chi connectivity index (χ1) is 17.5. The Labute approximate surface area is 211 Å². The van der Waals surface area contributed by atoms with Crippen LogP contribution in [0.4, 0.5) is 11.8 Å². The van der Waals surface area contributed by atoms with Gasteiger partial charge >= 0.3 is 5.97 Å². The number of nitrogens with one attached hydrogen (secondary N) is 2. The van der Waals surface area contributed by atoms with E-state index in [2.05, 4.69) is 36.6 Å². The van der Waals surface area contributed by atoms with Crippen LogP contribution in [-0.2, 0) is 0 Å². The fraction of sp³-hybridized carbons (Fsp3) is 0.538. The number of carbonyl (C=O) groups is 1. The number of carboxylic acid groups (broad SMARTS) is 1. The molecule has 4 heterocycles. The molecule has 1 saturated heterocycles. The van der Waals surface area contributed by atoms with Crippen LogP contribution in [0.15, 0.2) is 30.6 Å². The van der Waals surface area contributed by atoms with Crippen LogP contribution in [0, 0.1) is 0 Å². The maximum Gasteiger partial charge on any atom is 0.352 e. The van der Waals surface area contributed by atoms with Gasteiger partial charge in [0.2, 0.25) is 5.95 Å². The van der Waals surface area contributed by atoms with E-state index in [-0.39, 0.29) is 18.3 Å². The number of aromatic carboxylic acids is 1. The Bertz CT molecular complexity index is 1130. The predicted molar refractivity (Wildman–Crippen MR) is 140 cm³/mol. The molecule has 0 unspecified atom stereocenters. The van der Waals surface area contributed by atoms with Gasteiger partial charge < -0.3 is 30.3 Å². The van der Waals surface area contributed by atoms with Gasteiger partial charge in [-0.3, -0.25) is 0 Å². The van der Waals surface area contributed by atoms with Gasteiger partial charge in [0, 0.05) is 30.4 Å². The Morgan fingerprint density at radius 3 is 2.42 bits per heavy atom. The zero-order valence-corrected chi connectivity index (χ0v) is 21.2. The lowest BCUT2D eigenvalue weighted by Crippen LogP contribution is -2.34. The molecule has 0 amide bonds. The number of anilines is 2. The second kappa shape index (κ2) is 12.2. The van der Waals surface area contributed by atoms with E-state index in [1.807, 2.05) is 30.9 Å². The number of fused-ring (bicyclic) bond motifs is 1. The summed E-state index contributed by atoms with van der Waals surface area (Å²) < 4.78 is 1.87. The van der Waals surface area contributed by atoms with E-state index in [4.69, 9.17) is 5.11 Å². The molecular weight excluding hydrogens is 458 g/mol. The average molecular weight is 496 g/mol. The number of aliphatic hydroxyl groups is 1. The third-order valence-corrected chi connectivity index (χ3v) is 6.99. The molecule has 2 aliphatic rings. The second-order valence-corrected chi connectivity index (χ2v) is 9.56. The highest BCUT2D eigenvalue weighted by atomic mass is 16.4. The Morgan fingerprint density at radius 2 is 1.81 bits per heavy atom. The normalized spacial score (nSPS) is 17.2. The van der Waals surface area contributed by atoms with E-state index in [0.717, 1.165) is 63.5 Å². The topological polar surface area (TPSA) is 128 Å². The maximum atomic E-state index is 11.8. The monoisotopic (exact) mass is 495 g/mol.